The molecule has 0 spiro atoms. The quantitative estimate of drug-likeness (QED) is 0.0478. The Balaban J connectivity index is 0.00000162. The average Bonchev–Trinajstić information content (AvgIpc) is 1.23. The number of carbonyl (C=O) groups is 10. The van der Waals surface area contributed by atoms with Gasteiger partial charge >= 0.3 is 59.7 Å². The molecular weight excluding hydrogens is 1720 g/mol. The highest BCUT2D eigenvalue weighted by molar-refractivity contribution is 5.84. The molecule has 136 heavy (non-hydrogen) atoms. The number of rotatable bonds is 26. The van der Waals surface area contributed by atoms with E-state index >= 15 is 0 Å². The van der Waals surface area contributed by atoms with Crippen LogP contribution >= 0.6 is 0 Å². The number of aliphatic hydroxyl groups is 1. The van der Waals surface area contributed by atoms with Crippen LogP contribution in [0.3, 0.4) is 0 Å². The molecule has 21 aliphatic rings. The molecule has 0 aromatic carbocycles. The van der Waals surface area contributed by atoms with Crippen molar-refractivity contribution >= 4 is 59.7 Å². The molecule has 0 aromatic heterocycles. The molecule has 1 N–H and O–H groups in total. The first kappa shape index (κ1) is 131. The second kappa shape index (κ2) is 51.2. The molecule has 22 nitrogen and oxygen atoms in total. The summed E-state index contributed by atoms with van der Waals surface area (Å²) >= 11 is 0. The summed E-state index contributed by atoms with van der Waals surface area (Å²) in [4.78, 5) is 121. The Kier molecular flexibility index (Phi) is 49.2. The van der Waals surface area contributed by atoms with Crippen LogP contribution in [0.25, 0.3) is 0 Å². The van der Waals surface area contributed by atoms with Crippen molar-refractivity contribution in [1.29, 1.82) is 0 Å². The van der Waals surface area contributed by atoms with Crippen molar-refractivity contribution in [2.75, 3.05) is 20.0 Å². The average molecular weight is 1930 g/mol. The standard InChI is InChI=1S/C28H42O5.C18H30O2.C16H22O6.C16H26O3.C14H26O2.C10H16O4.12CH4/c1-4-27(2,3)25(29)33-24-21-10-18-11-22(24)14-28(12-18,13-21)26(30)32-15-31-23-19-6-16-5-17(8-19)9-20(23)7-16;1-5-17(3,4)16(19)20-18(6-2)14-8-12-7-13(10-14)11-15(18)9-12;1-4-16(2,3)15(19)20-7-11(17)21-12-8-5-9-10(6-8)14(18)22-13(9)12;1-4-14(2,3)13(17)19-16-8-11-5-12(9-16)7-15(18,6-11)10-16;1-5-13(3,4)12(15)16-14(6-2)10-8-7-9-11-14;1-4-10(2,3)9(12)14-7-5-6-13-8(7)11;;;;;;;;;;;;/h16-24H,4-15H2,1-3H3;12-15H,5-11H2,1-4H3;8-10,12-13H,4-7H2,1-3H3;11-12,18H,4-10H2,1-3H3;5-11H2,1-4H3;7H,4-6H2,1-3H3;12*1H4. The molecule has 0 aromatic rings. The highest BCUT2D eigenvalue weighted by Gasteiger charge is 2.66. The predicted octanol–water partition coefficient (Wildman–Crippen LogP) is 27.6. The van der Waals surface area contributed by atoms with E-state index in [0.29, 0.717) is 91.7 Å². The molecule has 0 amide bonds. The van der Waals surface area contributed by atoms with Gasteiger partial charge in [0.05, 0.1) is 62.1 Å². The molecule has 2 heterocycles. The van der Waals surface area contributed by atoms with Crippen molar-refractivity contribution in [2.24, 2.45) is 133 Å². The summed E-state index contributed by atoms with van der Waals surface area (Å²) < 4.78 is 61.9. The van der Waals surface area contributed by atoms with Gasteiger partial charge in [-0.1, -0.05) is 151 Å². The van der Waals surface area contributed by atoms with Crippen molar-refractivity contribution in [1.82, 2.24) is 0 Å². The topological polar surface area (TPSA) is 292 Å². The lowest BCUT2D eigenvalue weighted by molar-refractivity contribution is -0.225. The maximum absolute atomic E-state index is 13.4. The minimum Gasteiger partial charge on any atom is -0.463 e. The van der Waals surface area contributed by atoms with E-state index < -0.39 is 51.3 Å². The SMILES string of the molecule is C.C.C.C.C.C.C.C.C.C.C.C.CCC(C)(C)C(=O)OC1(CC)C2CC3CC(C2)CC1C3.CCC(C)(C)C(=O)OC12CC3CC(CC(O)(C3)C1)C2.CCC(C)(C)C(=O)OC1C2CC3CC1CC(C(=O)OCOC1C4CC5CC(C4)CC1C5)(C3)C2.CCC(C)(C)C(=O)OC1CCOC1=O.CCC(C)(C)C(=O)OCC(=O)OC1C2CC3C(=O)OC1C3C2.CCC1(OC(=O)C(C)(C)CC)CCCCC1. The molecule has 2 aliphatic heterocycles. The highest BCUT2D eigenvalue weighted by atomic mass is 16.7. The Hall–Kier alpha value is -5.38. The molecule has 22 heteroatoms. The summed E-state index contributed by atoms with van der Waals surface area (Å²) in [6.45, 7) is 39.4. The minimum atomic E-state index is -0.687. The molecule has 10 unspecified atom stereocenters. The molecule has 21 fully saturated rings. The zero-order valence-corrected chi connectivity index (χ0v) is 79.9. The molecule has 19 aliphatic carbocycles. The zero-order chi connectivity index (χ0) is 90.5. The van der Waals surface area contributed by atoms with Gasteiger partial charge in [0.15, 0.2) is 13.4 Å². The van der Waals surface area contributed by atoms with Crippen LogP contribution in [0.2, 0.25) is 0 Å². The normalized spacial score (nSPS) is 34.3. The Morgan fingerprint density at radius 1 is 0.390 bits per heavy atom. The lowest BCUT2D eigenvalue weighted by atomic mass is 9.48. The van der Waals surface area contributed by atoms with E-state index in [1.54, 1.807) is 27.7 Å². The fourth-order valence-electron chi connectivity index (χ4n) is 26.2. The van der Waals surface area contributed by atoms with Crippen molar-refractivity contribution in [3.8, 4) is 0 Å². The number of cyclic esters (lactones) is 1. The van der Waals surface area contributed by atoms with Crippen LogP contribution in [0.4, 0.5) is 0 Å². The summed E-state index contributed by atoms with van der Waals surface area (Å²) in [6.07, 6.45) is 37.1. The third kappa shape index (κ3) is 28.4. The Morgan fingerprint density at radius 3 is 1.25 bits per heavy atom. The van der Waals surface area contributed by atoms with Crippen molar-refractivity contribution < 1.29 is 105 Å². The van der Waals surface area contributed by atoms with Gasteiger partial charge in [-0.05, 0) is 378 Å². The lowest BCUT2D eigenvalue weighted by Gasteiger charge is -2.60. The maximum atomic E-state index is 13.4. The van der Waals surface area contributed by atoms with Gasteiger partial charge in [-0.25, -0.2) is 9.59 Å². The van der Waals surface area contributed by atoms with E-state index in [0.717, 1.165) is 146 Å². The number of ether oxygens (including phenoxy) is 11. The summed E-state index contributed by atoms with van der Waals surface area (Å²) in [5.41, 5.74) is -4.23. The highest BCUT2D eigenvalue weighted by Crippen LogP contribution is 2.65. The van der Waals surface area contributed by atoms with Crippen LogP contribution in [0.5, 0.6) is 0 Å². The van der Waals surface area contributed by atoms with Gasteiger partial charge in [0, 0.05) is 24.7 Å². The van der Waals surface area contributed by atoms with Gasteiger partial charge in [0.25, 0.3) is 0 Å². The van der Waals surface area contributed by atoms with Crippen LogP contribution in [0.1, 0.15) is 465 Å². The third-order valence-electron chi connectivity index (χ3n) is 35.6. The molecule has 19 saturated carbocycles. The van der Waals surface area contributed by atoms with Crippen LogP contribution in [0.15, 0.2) is 0 Å². The van der Waals surface area contributed by atoms with Crippen molar-refractivity contribution in [2.45, 2.75) is 518 Å². The molecule has 2 saturated heterocycles. The lowest BCUT2D eigenvalue weighted by Crippen LogP contribution is -2.61. The van der Waals surface area contributed by atoms with Crippen LogP contribution < -0.4 is 0 Å². The molecule has 18 bridgehead atoms. The number of fused-ring (bicyclic) bond motifs is 1. The van der Waals surface area contributed by atoms with Gasteiger partial charge in [-0.3, -0.25) is 38.4 Å². The van der Waals surface area contributed by atoms with Gasteiger partial charge in [0.2, 0.25) is 6.10 Å². The molecular formula is C114H210O22. The first-order chi connectivity index (χ1) is 58.2. The molecule has 798 valence electrons. The number of carbonyl (C=O) groups excluding carboxylic acids is 10. The largest absolute Gasteiger partial charge is 0.463 e. The summed E-state index contributed by atoms with van der Waals surface area (Å²) in [7, 11) is 0. The minimum absolute atomic E-state index is 0. The Bertz CT molecular complexity index is 3710. The van der Waals surface area contributed by atoms with Crippen LogP contribution in [-0.4, -0.2) is 138 Å². The number of hydrogen-bond donors (Lipinski definition) is 1. The maximum Gasteiger partial charge on any atom is 0.347 e. The van der Waals surface area contributed by atoms with E-state index in [9.17, 15) is 53.1 Å². The number of hydrogen-bond acceptors (Lipinski definition) is 22. The third-order valence-corrected chi connectivity index (χ3v) is 35.6. The van der Waals surface area contributed by atoms with E-state index in [4.69, 9.17) is 52.1 Å². The first-order valence-corrected chi connectivity index (χ1v) is 49.6. The predicted molar refractivity (Wildman–Crippen MR) is 547 cm³/mol. The fraction of sp³-hybridized carbons (Fsp3) is 0.912. The van der Waals surface area contributed by atoms with Gasteiger partial charge < -0.3 is 57.2 Å². The van der Waals surface area contributed by atoms with E-state index in [1.807, 2.05) is 90.0 Å². The first-order valence-electron chi connectivity index (χ1n) is 49.6. The van der Waals surface area contributed by atoms with Crippen LogP contribution in [-0.2, 0) is 100 Å². The van der Waals surface area contributed by atoms with Gasteiger partial charge in [-0.2, -0.15) is 0 Å². The number of esters is 10. The van der Waals surface area contributed by atoms with E-state index in [2.05, 4.69) is 20.8 Å². The zero-order valence-electron chi connectivity index (χ0n) is 79.9. The second-order valence-electron chi connectivity index (χ2n) is 46.7. The van der Waals surface area contributed by atoms with Crippen molar-refractivity contribution in [3.05, 3.63) is 0 Å². The van der Waals surface area contributed by atoms with Crippen LogP contribution in [0, 0.1) is 133 Å². The van der Waals surface area contributed by atoms with Crippen molar-refractivity contribution in [3.63, 3.8) is 0 Å². The monoisotopic (exact) mass is 1930 g/mol. The van der Waals surface area contributed by atoms with Gasteiger partial charge in [-0.15, -0.1) is 0 Å². The molecule has 21 rings (SSSR count). The summed E-state index contributed by atoms with van der Waals surface area (Å²) in [5.74, 6) is 6.91. The smallest absolute Gasteiger partial charge is 0.347 e. The summed E-state index contributed by atoms with van der Waals surface area (Å²) in [5, 5.41) is 10.6. The molecule has 10 atom stereocenters. The Morgan fingerprint density at radius 2 is 0.809 bits per heavy atom. The molecule has 0 radical (unpaired) electrons. The van der Waals surface area contributed by atoms with Gasteiger partial charge in [0.1, 0.15) is 35.1 Å². The van der Waals surface area contributed by atoms with E-state index in [1.165, 1.54) is 89.9 Å². The summed E-state index contributed by atoms with van der Waals surface area (Å²) in [6, 6.07) is 0. The van der Waals surface area contributed by atoms with E-state index in [-0.39, 0.29) is 213 Å². The fourth-order valence-corrected chi connectivity index (χ4v) is 26.2. The Labute approximate surface area is 831 Å². The second-order valence-corrected chi connectivity index (χ2v) is 46.7.